The summed E-state index contributed by atoms with van der Waals surface area (Å²) in [6, 6.07) is 2.17. The van der Waals surface area contributed by atoms with Gasteiger partial charge in [0.05, 0.1) is 16.6 Å². The molecule has 0 heterocycles. The summed E-state index contributed by atoms with van der Waals surface area (Å²) in [5.41, 5.74) is 5.26. The highest BCUT2D eigenvalue weighted by Crippen LogP contribution is 2.24. The van der Waals surface area contributed by atoms with Crippen LogP contribution in [0.25, 0.3) is 0 Å². The fourth-order valence-electron chi connectivity index (χ4n) is 0.846. The molecule has 0 amide bonds. The average Bonchev–Trinajstić information content (AvgIpc) is 2.10. The highest BCUT2D eigenvalue weighted by Gasteiger charge is 2.12. The summed E-state index contributed by atoms with van der Waals surface area (Å²) < 4.78 is 12.8. The Kier molecular flexibility index (Phi) is 3.25. The first-order chi connectivity index (χ1) is 6.06. The lowest BCUT2D eigenvalue weighted by Gasteiger charge is -2.02. The third-order valence-electron chi connectivity index (χ3n) is 1.50. The zero-order valence-electron chi connectivity index (χ0n) is 6.48. The first-order valence-corrected chi connectivity index (χ1v) is 4.19. The van der Waals surface area contributed by atoms with E-state index >= 15 is 0 Å². The Morgan fingerprint density at radius 1 is 1.38 bits per heavy atom. The van der Waals surface area contributed by atoms with E-state index in [4.69, 9.17) is 28.9 Å². The lowest BCUT2D eigenvalue weighted by atomic mass is 10.1. The molecule has 0 aliphatic carbocycles. The predicted molar refractivity (Wildman–Crippen MR) is 49.8 cm³/mol. The van der Waals surface area contributed by atoms with Gasteiger partial charge in [-0.1, -0.05) is 23.2 Å². The number of benzene rings is 1. The maximum atomic E-state index is 12.8. The van der Waals surface area contributed by atoms with Crippen molar-refractivity contribution in [3.05, 3.63) is 33.6 Å². The van der Waals surface area contributed by atoms with Gasteiger partial charge >= 0.3 is 0 Å². The predicted octanol–water partition coefficient (Wildman–Crippen LogP) is 2.27. The van der Waals surface area contributed by atoms with Gasteiger partial charge < -0.3 is 5.73 Å². The third kappa shape index (κ3) is 2.18. The summed E-state index contributed by atoms with van der Waals surface area (Å²) in [4.78, 5) is 11.1. The Morgan fingerprint density at radius 2 is 2.00 bits per heavy atom. The summed E-state index contributed by atoms with van der Waals surface area (Å²) in [7, 11) is 0. The molecule has 0 spiro atoms. The minimum Gasteiger partial charge on any atom is -0.324 e. The number of hydrogen-bond acceptors (Lipinski definition) is 2. The van der Waals surface area contributed by atoms with Crippen LogP contribution in [0.15, 0.2) is 12.1 Å². The zero-order chi connectivity index (χ0) is 10.0. The molecule has 5 heteroatoms. The lowest BCUT2D eigenvalue weighted by molar-refractivity contribution is 0.100. The molecule has 0 aliphatic heterocycles. The second kappa shape index (κ2) is 4.05. The van der Waals surface area contributed by atoms with Crippen LogP contribution >= 0.6 is 23.2 Å². The maximum Gasteiger partial charge on any atom is 0.177 e. The van der Waals surface area contributed by atoms with Crippen LogP contribution in [0.3, 0.4) is 0 Å². The summed E-state index contributed by atoms with van der Waals surface area (Å²) in [6.07, 6.45) is 0. The van der Waals surface area contributed by atoms with Crippen LogP contribution in [-0.2, 0) is 0 Å². The first kappa shape index (κ1) is 10.4. The molecule has 2 nitrogen and oxygen atoms in total. The molecule has 0 radical (unpaired) electrons. The molecule has 0 aliphatic rings. The molecule has 0 saturated heterocycles. The number of carbonyl (C=O) groups is 1. The quantitative estimate of drug-likeness (QED) is 0.616. The Bertz CT molecular complexity index is 354. The van der Waals surface area contributed by atoms with Crippen molar-refractivity contribution in [2.75, 3.05) is 6.54 Å². The topological polar surface area (TPSA) is 43.1 Å². The normalized spacial score (nSPS) is 10.2. The molecule has 0 saturated carbocycles. The summed E-state index contributed by atoms with van der Waals surface area (Å²) in [5.74, 6) is -1.02. The molecule has 70 valence electrons. The minimum atomic E-state index is -0.653. The standard InChI is InChI=1S/C8H6Cl2FNO/c9-5-2-7(11)6(10)1-4(5)8(13)3-12/h1-2H,3,12H2. The number of Topliss-reactive ketones (excluding diaryl/α,β-unsaturated/α-hetero) is 1. The third-order valence-corrected chi connectivity index (χ3v) is 2.10. The van der Waals surface area contributed by atoms with E-state index in [1.54, 1.807) is 0 Å². The molecule has 0 bridgehead atoms. The van der Waals surface area contributed by atoms with Crippen LogP contribution in [0.1, 0.15) is 10.4 Å². The minimum absolute atomic E-state index is 0.0253. The van der Waals surface area contributed by atoms with Gasteiger partial charge in [-0.15, -0.1) is 0 Å². The van der Waals surface area contributed by atoms with Crippen LogP contribution in [0.2, 0.25) is 10.0 Å². The molecule has 0 unspecified atom stereocenters. The number of carbonyl (C=O) groups excluding carboxylic acids is 1. The van der Waals surface area contributed by atoms with Gasteiger partial charge in [0.2, 0.25) is 0 Å². The van der Waals surface area contributed by atoms with Gasteiger partial charge in [-0.05, 0) is 12.1 Å². The van der Waals surface area contributed by atoms with Gasteiger partial charge in [0.1, 0.15) is 5.82 Å². The second-order valence-electron chi connectivity index (χ2n) is 2.37. The van der Waals surface area contributed by atoms with Crippen LogP contribution in [0.5, 0.6) is 0 Å². The maximum absolute atomic E-state index is 12.8. The van der Waals surface area contributed by atoms with Crippen molar-refractivity contribution in [1.29, 1.82) is 0 Å². The van der Waals surface area contributed by atoms with Gasteiger partial charge in [0, 0.05) is 5.56 Å². The first-order valence-electron chi connectivity index (χ1n) is 3.44. The number of hydrogen-bond donors (Lipinski definition) is 1. The molecule has 1 aromatic carbocycles. The SMILES string of the molecule is NCC(=O)c1cc(Cl)c(F)cc1Cl. The van der Waals surface area contributed by atoms with Crippen LogP contribution in [-0.4, -0.2) is 12.3 Å². The van der Waals surface area contributed by atoms with E-state index < -0.39 is 5.82 Å². The molecule has 1 rings (SSSR count). The molecule has 0 aromatic heterocycles. The molecular weight excluding hydrogens is 216 g/mol. The highest BCUT2D eigenvalue weighted by molar-refractivity contribution is 6.36. The molecule has 0 fully saturated rings. The fourth-order valence-corrected chi connectivity index (χ4v) is 1.27. The summed E-state index contributed by atoms with van der Waals surface area (Å²) in [5, 5.41) is -0.112. The average molecular weight is 222 g/mol. The smallest absolute Gasteiger partial charge is 0.177 e. The van der Waals surface area contributed by atoms with E-state index in [9.17, 15) is 9.18 Å². The van der Waals surface area contributed by atoms with Crippen LogP contribution < -0.4 is 5.73 Å². The zero-order valence-corrected chi connectivity index (χ0v) is 7.99. The molecule has 13 heavy (non-hydrogen) atoms. The monoisotopic (exact) mass is 221 g/mol. The van der Waals surface area contributed by atoms with E-state index in [0.717, 1.165) is 6.07 Å². The van der Waals surface area contributed by atoms with E-state index in [0.29, 0.717) is 0 Å². The van der Waals surface area contributed by atoms with Crippen molar-refractivity contribution in [3.8, 4) is 0 Å². The Balaban J connectivity index is 3.23. The van der Waals surface area contributed by atoms with Gasteiger partial charge in [-0.25, -0.2) is 4.39 Å². The Hall–Kier alpha value is -0.640. The molecule has 2 N–H and O–H groups in total. The van der Waals surface area contributed by atoms with E-state index in [1.165, 1.54) is 6.07 Å². The van der Waals surface area contributed by atoms with E-state index in [2.05, 4.69) is 0 Å². The summed E-state index contributed by atoms with van der Waals surface area (Å²) in [6.45, 7) is -0.179. The second-order valence-corrected chi connectivity index (χ2v) is 3.19. The number of halogens is 3. The number of rotatable bonds is 2. The Labute approximate surface area is 84.4 Å². The number of ketones is 1. The van der Waals surface area contributed by atoms with Crippen molar-refractivity contribution in [1.82, 2.24) is 0 Å². The molecular formula is C8H6Cl2FNO. The van der Waals surface area contributed by atoms with Crippen molar-refractivity contribution in [2.45, 2.75) is 0 Å². The van der Waals surface area contributed by atoms with E-state index in [-0.39, 0.29) is 27.9 Å². The molecule has 0 atom stereocenters. The fraction of sp³-hybridized carbons (Fsp3) is 0.125. The van der Waals surface area contributed by atoms with Crippen molar-refractivity contribution in [3.63, 3.8) is 0 Å². The van der Waals surface area contributed by atoms with Gasteiger partial charge in [0.25, 0.3) is 0 Å². The van der Waals surface area contributed by atoms with Gasteiger partial charge in [0.15, 0.2) is 5.78 Å². The highest BCUT2D eigenvalue weighted by atomic mass is 35.5. The van der Waals surface area contributed by atoms with Gasteiger partial charge in [-0.3, -0.25) is 4.79 Å². The van der Waals surface area contributed by atoms with Crippen molar-refractivity contribution >= 4 is 29.0 Å². The van der Waals surface area contributed by atoms with Gasteiger partial charge in [-0.2, -0.15) is 0 Å². The van der Waals surface area contributed by atoms with Crippen LogP contribution in [0, 0.1) is 5.82 Å². The van der Waals surface area contributed by atoms with Crippen molar-refractivity contribution < 1.29 is 9.18 Å². The summed E-state index contributed by atoms with van der Waals surface area (Å²) >= 11 is 11.1. The Morgan fingerprint density at radius 3 is 2.54 bits per heavy atom. The van der Waals surface area contributed by atoms with Crippen LogP contribution in [0.4, 0.5) is 4.39 Å². The van der Waals surface area contributed by atoms with E-state index in [1.807, 2.05) is 0 Å². The largest absolute Gasteiger partial charge is 0.324 e. The number of nitrogens with two attached hydrogens (primary N) is 1. The lowest BCUT2D eigenvalue weighted by Crippen LogP contribution is -2.14. The molecule has 1 aromatic rings. The van der Waals surface area contributed by atoms with Crippen molar-refractivity contribution in [2.24, 2.45) is 5.73 Å².